The van der Waals surface area contributed by atoms with E-state index in [-0.39, 0.29) is 11.9 Å². The van der Waals surface area contributed by atoms with Crippen LogP contribution in [0.5, 0.6) is 0 Å². The monoisotopic (exact) mass is 314 g/mol. The van der Waals surface area contributed by atoms with Gasteiger partial charge in [-0.1, -0.05) is 18.2 Å². The van der Waals surface area contributed by atoms with Crippen LogP contribution in [0.1, 0.15) is 17.3 Å². The maximum atomic E-state index is 13.3. The lowest BCUT2D eigenvalue weighted by molar-refractivity contribution is 0.110. The lowest BCUT2D eigenvalue weighted by Crippen LogP contribution is -2.49. The summed E-state index contributed by atoms with van der Waals surface area (Å²) in [6.45, 7) is 5.56. The molecule has 1 saturated heterocycles. The number of pyridine rings is 1. The first-order chi connectivity index (χ1) is 11.3. The van der Waals surface area contributed by atoms with Crippen molar-refractivity contribution in [1.82, 2.24) is 14.8 Å². The van der Waals surface area contributed by atoms with Gasteiger partial charge in [-0.05, 0) is 29.8 Å². The van der Waals surface area contributed by atoms with Gasteiger partial charge < -0.3 is 5.73 Å². The van der Waals surface area contributed by atoms with Crippen LogP contribution in [0, 0.1) is 5.82 Å². The van der Waals surface area contributed by atoms with Crippen molar-refractivity contribution < 1.29 is 4.39 Å². The molecule has 1 aliphatic heterocycles. The Morgan fingerprint density at radius 1 is 1.04 bits per heavy atom. The third-order valence-corrected chi connectivity index (χ3v) is 4.37. The molecule has 5 heteroatoms. The van der Waals surface area contributed by atoms with E-state index < -0.39 is 0 Å². The van der Waals surface area contributed by atoms with E-state index in [2.05, 4.69) is 14.8 Å². The molecule has 1 aliphatic rings. The summed E-state index contributed by atoms with van der Waals surface area (Å²) in [6, 6.07) is 12.8. The standard InChI is InChI=1S/C18H23FN4/c19-16-6-4-15(5-7-16)18(17-3-1-2-9-21-17)23-13-11-22(10-8-20)12-14-23/h1-7,9,18H,8,10-14,20H2. The summed E-state index contributed by atoms with van der Waals surface area (Å²) in [7, 11) is 0. The van der Waals surface area contributed by atoms with E-state index in [1.165, 1.54) is 12.1 Å². The van der Waals surface area contributed by atoms with Gasteiger partial charge in [0.15, 0.2) is 0 Å². The Bertz CT molecular complexity index is 594. The highest BCUT2D eigenvalue weighted by Gasteiger charge is 2.26. The first kappa shape index (κ1) is 16.1. The number of piperazine rings is 1. The molecular formula is C18H23FN4. The minimum absolute atomic E-state index is 0.0665. The van der Waals surface area contributed by atoms with Crippen LogP contribution in [0.4, 0.5) is 4.39 Å². The lowest BCUT2D eigenvalue weighted by Gasteiger charge is -2.39. The number of hydrogen-bond donors (Lipinski definition) is 1. The number of aromatic nitrogens is 1. The molecule has 0 spiro atoms. The second kappa shape index (κ2) is 7.64. The van der Waals surface area contributed by atoms with Gasteiger partial charge in [-0.25, -0.2) is 4.39 Å². The fraction of sp³-hybridized carbons (Fsp3) is 0.389. The number of benzene rings is 1. The van der Waals surface area contributed by atoms with Gasteiger partial charge in [0.2, 0.25) is 0 Å². The second-order valence-corrected chi connectivity index (χ2v) is 5.87. The van der Waals surface area contributed by atoms with Crippen molar-refractivity contribution in [3.63, 3.8) is 0 Å². The summed E-state index contributed by atoms with van der Waals surface area (Å²) < 4.78 is 13.3. The van der Waals surface area contributed by atoms with E-state index in [0.717, 1.165) is 44.0 Å². The van der Waals surface area contributed by atoms with Crippen LogP contribution in [-0.2, 0) is 0 Å². The zero-order valence-corrected chi connectivity index (χ0v) is 13.2. The number of halogens is 1. The Morgan fingerprint density at radius 3 is 2.39 bits per heavy atom. The molecule has 1 atom stereocenters. The molecule has 2 N–H and O–H groups in total. The largest absolute Gasteiger partial charge is 0.329 e. The molecule has 1 aromatic heterocycles. The Balaban J connectivity index is 1.83. The Labute approximate surface area is 136 Å². The van der Waals surface area contributed by atoms with Crippen molar-refractivity contribution in [3.8, 4) is 0 Å². The maximum Gasteiger partial charge on any atom is 0.123 e. The third-order valence-electron chi connectivity index (χ3n) is 4.37. The van der Waals surface area contributed by atoms with Gasteiger partial charge in [-0.15, -0.1) is 0 Å². The van der Waals surface area contributed by atoms with Crippen LogP contribution in [0.3, 0.4) is 0 Å². The predicted molar refractivity (Wildman–Crippen MR) is 89.5 cm³/mol. The van der Waals surface area contributed by atoms with Crippen molar-refractivity contribution in [2.45, 2.75) is 6.04 Å². The summed E-state index contributed by atoms with van der Waals surface area (Å²) in [4.78, 5) is 9.34. The minimum atomic E-state index is -0.207. The Morgan fingerprint density at radius 2 is 1.78 bits per heavy atom. The van der Waals surface area contributed by atoms with Gasteiger partial charge in [-0.3, -0.25) is 14.8 Å². The van der Waals surface area contributed by atoms with Crippen LogP contribution < -0.4 is 5.73 Å². The van der Waals surface area contributed by atoms with Crippen LogP contribution in [0.15, 0.2) is 48.7 Å². The highest BCUT2D eigenvalue weighted by Crippen LogP contribution is 2.28. The average molecular weight is 314 g/mol. The Hall–Kier alpha value is -1.82. The van der Waals surface area contributed by atoms with Crippen molar-refractivity contribution in [3.05, 3.63) is 65.7 Å². The normalized spacial score (nSPS) is 18.0. The SMILES string of the molecule is NCCN1CCN(C(c2ccc(F)cc2)c2ccccn2)CC1. The van der Waals surface area contributed by atoms with Gasteiger partial charge in [0.25, 0.3) is 0 Å². The molecule has 4 nitrogen and oxygen atoms in total. The molecule has 2 heterocycles. The molecule has 1 fully saturated rings. The number of nitrogens with zero attached hydrogens (tertiary/aromatic N) is 3. The van der Waals surface area contributed by atoms with Crippen LogP contribution in [0.25, 0.3) is 0 Å². The van der Waals surface area contributed by atoms with Gasteiger partial charge in [0, 0.05) is 45.5 Å². The molecule has 1 unspecified atom stereocenters. The summed E-state index contributed by atoms with van der Waals surface area (Å²) in [5.74, 6) is -0.207. The van der Waals surface area contributed by atoms with Crippen molar-refractivity contribution in [2.24, 2.45) is 5.73 Å². The minimum Gasteiger partial charge on any atom is -0.329 e. The van der Waals surface area contributed by atoms with Gasteiger partial charge in [0.1, 0.15) is 5.82 Å². The lowest BCUT2D eigenvalue weighted by atomic mass is 10.0. The summed E-state index contributed by atoms with van der Waals surface area (Å²) in [6.07, 6.45) is 1.82. The van der Waals surface area contributed by atoms with Crippen molar-refractivity contribution in [1.29, 1.82) is 0 Å². The molecule has 0 saturated carbocycles. The van der Waals surface area contributed by atoms with Crippen molar-refractivity contribution >= 4 is 0 Å². The first-order valence-electron chi connectivity index (χ1n) is 8.11. The van der Waals surface area contributed by atoms with Gasteiger partial charge >= 0.3 is 0 Å². The summed E-state index contributed by atoms with van der Waals surface area (Å²) >= 11 is 0. The van der Waals surface area contributed by atoms with Crippen LogP contribution in [0.2, 0.25) is 0 Å². The summed E-state index contributed by atoms with van der Waals surface area (Å²) in [5, 5.41) is 0. The molecule has 0 radical (unpaired) electrons. The van der Waals surface area contributed by atoms with E-state index in [1.807, 2.05) is 36.5 Å². The van der Waals surface area contributed by atoms with Crippen molar-refractivity contribution in [2.75, 3.05) is 39.3 Å². The summed E-state index contributed by atoms with van der Waals surface area (Å²) in [5.41, 5.74) is 7.74. The van der Waals surface area contributed by atoms with E-state index in [4.69, 9.17) is 5.73 Å². The van der Waals surface area contributed by atoms with Gasteiger partial charge in [-0.2, -0.15) is 0 Å². The third kappa shape index (κ3) is 3.93. The Kier molecular flexibility index (Phi) is 5.33. The molecule has 0 aliphatic carbocycles. The zero-order chi connectivity index (χ0) is 16.1. The predicted octanol–water partition coefficient (Wildman–Crippen LogP) is 1.89. The van der Waals surface area contributed by atoms with Crippen LogP contribution >= 0.6 is 0 Å². The fourth-order valence-electron chi connectivity index (χ4n) is 3.18. The van der Waals surface area contributed by atoms with Gasteiger partial charge in [0.05, 0.1) is 11.7 Å². The molecule has 0 amide bonds. The highest BCUT2D eigenvalue weighted by atomic mass is 19.1. The first-order valence-corrected chi connectivity index (χ1v) is 8.11. The smallest absolute Gasteiger partial charge is 0.123 e. The molecule has 2 aromatic rings. The molecule has 0 bridgehead atoms. The molecular weight excluding hydrogens is 291 g/mol. The number of nitrogens with two attached hydrogens (primary N) is 1. The molecule has 1 aromatic carbocycles. The average Bonchev–Trinajstić information content (AvgIpc) is 2.60. The van der Waals surface area contributed by atoms with E-state index in [1.54, 1.807) is 0 Å². The topological polar surface area (TPSA) is 45.4 Å². The molecule has 3 rings (SSSR count). The molecule has 23 heavy (non-hydrogen) atoms. The quantitative estimate of drug-likeness (QED) is 0.915. The number of rotatable bonds is 5. The van der Waals surface area contributed by atoms with E-state index in [0.29, 0.717) is 6.54 Å². The fourth-order valence-corrected chi connectivity index (χ4v) is 3.18. The second-order valence-electron chi connectivity index (χ2n) is 5.87. The highest BCUT2D eigenvalue weighted by molar-refractivity contribution is 5.28. The van der Waals surface area contributed by atoms with E-state index >= 15 is 0 Å². The maximum absolute atomic E-state index is 13.3. The number of hydrogen-bond acceptors (Lipinski definition) is 4. The van der Waals surface area contributed by atoms with Crippen LogP contribution in [-0.4, -0.2) is 54.1 Å². The molecule has 122 valence electrons. The van der Waals surface area contributed by atoms with E-state index in [9.17, 15) is 4.39 Å². The zero-order valence-electron chi connectivity index (χ0n) is 13.2.